The summed E-state index contributed by atoms with van der Waals surface area (Å²) in [6.45, 7) is 5.33. The average molecular weight is 753 g/mol. The molecule has 0 bridgehead atoms. The van der Waals surface area contributed by atoms with Gasteiger partial charge in [0.1, 0.15) is 24.1 Å². The van der Waals surface area contributed by atoms with Crippen molar-refractivity contribution in [1.29, 1.82) is 0 Å². The van der Waals surface area contributed by atoms with Crippen molar-refractivity contribution in [2.75, 3.05) is 92.4 Å². The van der Waals surface area contributed by atoms with Gasteiger partial charge < -0.3 is 69.0 Å². The number of carboxylic acids is 1. The molecule has 1 saturated heterocycles. The average Bonchev–Trinajstić information content (AvgIpc) is 3.16. The zero-order valence-electron chi connectivity index (χ0n) is 29.9. The minimum absolute atomic E-state index is 0.0973. The summed E-state index contributed by atoms with van der Waals surface area (Å²) in [7, 11) is 0. The third kappa shape index (κ3) is 17.3. The topological polar surface area (TPSA) is 230 Å². The van der Waals surface area contributed by atoms with Gasteiger partial charge in [-0.1, -0.05) is 24.3 Å². The van der Waals surface area contributed by atoms with E-state index in [4.69, 9.17) is 43.0 Å². The van der Waals surface area contributed by atoms with E-state index in [1.54, 1.807) is 43.3 Å². The van der Waals surface area contributed by atoms with E-state index in [1.165, 1.54) is 6.07 Å². The molecule has 296 valence electrons. The van der Waals surface area contributed by atoms with Gasteiger partial charge in [-0.3, -0.25) is 9.59 Å². The zero-order chi connectivity index (χ0) is 38.3. The number of hydrogen-bond donors (Lipinski definition) is 6. The van der Waals surface area contributed by atoms with E-state index in [0.29, 0.717) is 65.1 Å². The monoisotopic (exact) mass is 752 g/mol. The highest BCUT2D eigenvalue weighted by molar-refractivity contribution is 5.89. The lowest BCUT2D eigenvalue weighted by Gasteiger charge is -2.38. The molecule has 0 spiro atoms. The summed E-state index contributed by atoms with van der Waals surface area (Å²) < 4.78 is 43.3. The van der Waals surface area contributed by atoms with Gasteiger partial charge in [0.25, 0.3) is 5.91 Å². The molecule has 1 aliphatic rings. The highest BCUT2D eigenvalue weighted by Gasteiger charge is 2.42. The summed E-state index contributed by atoms with van der Waals surface area (Å²) in [5.74, 6) is -0.944. The molecule has 1 heterocycles. The van der Waals surface area contributed by atoms with E-state index in [1.807, 2.05) is 6.07 Å². The number of aromatic carboxylic acids is 1. The van der Waals surface area contributed by atoms with Crippen LogP contribution in [0.1, 0.15) is 23.7 Å². The van der Waals surface area contributed by atoms with Crippen LogP contribution in [0.3, 0.4) is 0 Å². The minimum Gasteiger partial charge on any atom is -0.484 e. The Hall–Kier alpha value is -3.75. The van der Waals surface area contributed by atoms with Crippen molar-refractivity contribution in [2.24, 2.45) is 0 Å². The molecule has 2 aromatic rings. The van der Waals surface area contributed by atoms with Crippen LogP contribution in [0.4, 0.5) is 0 Å². The first-order chi connectivity index (χ1) is 25.7. The van der Waals surface area contributed by atoms with Crippen LogP contribution in [-0.4, -0.2) is 161 Å². The van der Waals surface area contributed by atoms with E-state index in [0.717, 1.165) is 11.1 Å². The molecule has 17 heteroatoms. The van der Waals surface area contributed by atoms with Gasteiger partial charge in [0.05, 0.1) is 84.3 Å². The van der Waals surface area contributed by atoms with Crippen LogP contribution in [0.15, 0.2) is 48.5 Å². The number of hydrogen-bond acceptors (Lipinski definition) is 14. The molecular weight excluding hydrogens is 700 g/mol. The van der Waals surface area contributed by atoms with Crippen LogP contribution >= 0.6 is 0 Å². The lowest BCUT2D eigenvalue weighted by molar-refractivity contribution is -0.294. The Morgan fingerprint density at radius 2 is 1.23 bits per heavy atom. The molecule has 2 aromatic carbocycles. The molecule has 1 fully saturated rings. The van der Waals surface area contributed by atoms with Gasteiger partial charge >= 0.3 is 5.97 Å². The molecular formula is C36H52N2O15. The standard InChI is InChI=1S/C36H52N2O15/c1-25-32(41)33(42)34(43)36(53-25)51-22-21-48-13-10-37-30(39)9-12-46-15-17-49-19-20-50-18-16-47-14-11-38-31(40)24-52-29-7-5-26(6-8-29)27-3-2-4-28(23-27)35(44)45/h2-8,23,25,32-34,36,41-43H,9-22,24H2,1H3,(H,37,39)(H,38,40)(H,44,45)/t25-,32-,33+,34+,36+/m0/s1. The van der Waals surface area contributed by atoms with Crippen LogP contribution in [0, 0.1) is 0 Å². The number of ether oxygens (including phenoxy) is 8. The van der Waals surface area contributed by atoms with Gasteiger partial charge in [-0.2, -0.15) is 0 Å². The maximum absolute atomic E-state index is 12.1. The number of amides is 2. The van der Waals surface area contributed by atoms with Gasteiger partial charge in [-0.05, 0) is 42.3 Å². The minimum atomic E-state index is -1.37. The molecule has 0 saturated carbocycles. The number of aliphatic hydroxyl groups is 3. The molecule has 0 aromatic heterocycles. The number of rotatable bonds is 27. The van der Waals surface area contributed by atoms with Crippen molar-refractivity contribution >= 4 is 17.8 Å². The molecule has 2 amide bonds. The number of benzene rings is 2. The maximum Gasteiger partial charge on any atom is 0.335 e. The molecule has 0 radical (unpaired) electrons. The Morgan fingerprint density at radius 3 is 1.85 bits per heavy atom. The first-order valence-electron chi connectivity index (χ1n) is 17.5. The number of carbonyl (C=O) groups excluding carboxylic acids is 2. The third-order valence-electron chi connectivity index (χ3n) is 7.71. The molecule has 0 unspecified atom stereocenters. The molecule has 0 aliphatic carbocycles. The fourth-order valence-corrected chi connectivity index (χ4v) is 4.79. The number of nitrogens with one attached hydrogen (secondary N) is 2. The van der Waals surface area contributed by atoms with Crippen molar-refractivity contribution in [2.45, 2.75) is 44.1 Å². The third-order valence-corrected chi connectivity index (χ3v) is 7.71. The van der Waals surface area contributed by atoms with E-state index >= 15 is 0 Å². The maximum atomic E-state index is 12.1. The Kier molecular flexibility index (Phi) is 20.8. The lowest BCUT2D eigenvalue weighted by atomic mass is 10.0. The van der Waals surface area contributed by atoms with Crippen LogP contribution in [0.25, 0.3) is 11.1 Å². The molecule has 5 atom stereocenters. The van der Waals surface area contributed by atoms with Gasteiger partial charge in [0, 0.05) is 19.5 Å². The SMILES string of the molecule is C[C@@H]1O[C@@H](OCCOCCNC(=O)CCOCCOCCOCCOCCNC(=O)COc2ccc(-c3cccc(C(=O)O)c3)cc2)[C@H](O)[C@H](O)[C@H]1O. The molecule has 1 aliphatic heterocycles. The van der Waals surface area contributed by atoms with Gasteiger partial charge in [0.2, 0.25) is 5.91 Å². The molecule has 6 N–H and O–H groups in total. The van der Waals surface area contributed by atoms with Gasteiger partial charge in [0.15, 0.2) is 12.9 Å². The lowest BCUT2D eigenvalue weighted by Crippen LogP contribution is -2.57. The Morgan fingerprint density at radius 1 is 0.660 bits per heavy atom. The molecule has 17 nitrogen and oxygen atoms in total. The number of carboxylic acid groups (broad SMARTS) is 1. The van der Waals surface area contributed by atoms with Crippen molar-refractivity contribution in [3.05, 3.63) is 54.1 Å². The first-order valence-corrected chi connectivity index (χ1v) is 17.5. The number of aliphatic hydroxyl groups excluding tert-OH is 3. The van der Waals surface area contributed by atoms with Crippen LogP contribution < -0.4 is 15.4 Å². The summed E-state index contributed by atoms with van der Waals surface area (Å²) >= 11 is 0. The first kappa shape index (κ1) is 43.7. The predicted octanol–water partition coefficient (Wildman–Crippen LogP) is -0.0198. The Balaban J connectivity index is 1.03. The van der Waals surface area contributed by atoms with Crippen molar-refractivity contribution < 1.29 is 72.7 Å². The van der Waals surface area contributed by atoms with Gasteiger partial charge in [-0.15, -0.1) is 0 Å². The number of carbonyl (C=O) groups is 3. The largest absolute Gasteiger partial charge is 0.484 e. The normalized spacial score (nSPS) is 19.8. The van der Waals surface area contributed by atoms with Crippen LogP contribution in [-0.2, 0) is 42.7 Å². The quantitative estimate of drug-likeness (QED) is 0.0659. The van der Waals surface area contributed by atoms with E-state index in [-0.39, 0.29) is 56.8 Å². The summed E-state index contributed by atoms with van der Waals surface area (Å²) in [6.07, 6.45) is -5.46. The summed E-state index contributed by atoms with van der Waals surface area (Å²) in [4.78, 5) is 35.1. The zero-order valence-corrected chi connectivity index (χ0v) is 29.9. The van der Waals surface area contributed by atoms with Crippen molar-refractivity contribution in [3.8, 4) is 16.9 Å². The van der Waals surface area contributed by atoms with Gasteiger partial charge in [-0.25, -0.2) is 4.79 Å². The highest BCUT2D eigenvalue weighted by atomic mass is 16.7. The Bertz CT molecular complexity index is 1350. The second kappa shape index (κ2) is 25.3. The van der Waals surface area contributed by atoms with Crippen LogP contribution in [0.5, 0.6) is 5.75 Å². The molecule has 53 heavy (non-hydrogen) atoms. The van der Waals surface area contributed by atoms with E-state index in [9.17, 15) is 29.7 Å². The predicted molar refractivity (Wildman–Crippen MR) is 187 cm³/mol. The Labute approximate surface area is 308 Å². The molecule has 3 rings (SSSR count). The smallest absolute Gasteiger partial charge is 0.335 e. The van der Waals surface area contributed by atoms with Crippen molar-refractivity contribution in [1.82, 2.24) is 10.6 Å². The second-order valence-corrected chi connectivity index (χ2v) is 11.8. The summed E-state index contributed by atoms with van der Waals surface area (Å²) in [5, 5.41) is 44.0. The fourth-order valence-electron chi connectivity index (χ4n) is 4.79. The second-order valence-electron chi connectivity index (χ2n) is 11.8. The van der Waals surface area contributed by atoms with E-state index in [2.05, 4.69) is 10.6 Å². The summed E-state index contributed by atoms with van der Waals surface area (Å²) in [5.41, 5.74) is 1.81. The summed E-state index contributed by atoms with van der Waals surface area (Å²) in [6, 6.07) is 13.7. The highest BCUT2D eigenvalue weighted by Crippen LogP contribution is 2.24. The van der Waals surface area contributed by atoms with E-state index < -0.39 is 36.7 Å². The van der Waals surface area contributed by atoms with Crippen molar-refractivity contribution in [3.63, 3.8) is 0 Å². The van der Waals surface area contributed by atoms with Crippen LogP contribution in [0.2, 0.25) is 0 Å². The fraction of sp³-hybridized carbons (Fsp3) is 0.583.